The molecule has 0 bridgehead atoms. The molecule has 0 aromatic heterocycles. The standard InChI is InChI=1S/C15H16O8/c1-9(21-10(2)16)11-4-5-12(13(8-11)20-3)22-23-15(19)7-6-14(17)18/h4-9H,1-3H3,(H,17,18)/b7-6+. The van der Waals surface area contributed by atoms with Crippen molar-refractivity contribution in [2.75, 3.05) is 7.11 Å². The lowest BCUT2D eigenvalue weighted by molar-refractivity contribution is -0.207. The highest BCUT2D eigenvalue weighted by Crippen LogP contribution is 2.31. The van der Waals surface area contributed by atoms with Crippen molar-refractivity contribution in [1.82, 2.24) is 0 Å². The SMILES string of the molecule is COc1cc(C(C)OC(C)=O)ccc1OOC(=O)/C=C/C(=O)O. The normalized spacial score (nSPS) is 11.6. The molecule has 1 atom stereocenters. The zero-order chi connectivity index (χ0) is 17.4. The number of carbonyl (C=O) groups excluding carboxylic acids is 2. The third kappa shape index (κ3) is 6.08. The van der Waals surface area contributed by atoms with Gasteiger partial charge in [0.2, 0.25) is 5.75 Å². The summed E-state index contributed by atoms with van der Waals surface area (Å²) in [6.07, 6.45) is 0.829. The van der Waals surface area contributed by atoms with E-state index in [4.69, 9.17) is 19.5 Å². The predicted octanol–water partition coefficient (Wildman–Crippen LogP) is 1.80. The number of carbonyl (C=O) groups is 3. The molecule has 0 aliphatic heterocycles. The third-order valence-corrected chi connectivity index (χ3v) is 2.58. The molecule has 8 nitrogen and oxygen atoms in total. The highest BCUT2D eigenvalue weighted by Gasteiger charge is 2.14. The van der Waals surface area contributed by atoms with E-state index in [0.29, 0.717) is 17.7 Å². The molecule has 0 aliphatic carbocycles. The van der Waals surface area contributed by atoms with Crippen LogP contribution in [0.1, 0.15) is 25.5 Å². The molecule has 0 radical (unpaired) electrons. The van der Waals surface area contributed by atoms with Crippen molar-refractivity contribution in [2.24, 2.45) is 0 Å². The number of benzene rings is 1. The monoisotopic (exact) mass is 324 g/mol. The highest BCUT2D eigenvalue weighted by atomic mass is 17.2. The molecule has 0 spiro atoms. The van der Waals surface area contributed by atoms with Crippen LogP contribution in [0.25, 0.3) is 0 Å². The Morgan fingerprint density at radius 2 is 1.87 bits per heavy atom. The van der Waals surface area contributed by atoms with Gasteiger partial charge in [0.05, 0.1) is 7.11 Å². The summed E-state index contributed by atoms with van der Waals surface area (Å²) in [6, 6.07) is 4.62. The Bertz CT molecular complexity index is 620. The molecular weight excluding hydrogens is 308 g/mol. The van der Waals surface area contributed by atoms with E-state index in [1.807, 2.05) is 0 Å². The summed E-state index contributed by atoms with van der Waals surface area (Å²) in [7, 11) is 1.38. The quantitative estimate of drug-likeness (QED) is 0.350. The van der Waals surface area contributed by atoms with E-state index in [-0.39, 0.29) is 11.5 Å². The number of hydrogen-bond donors (Lipinski definition) is 1. The summed E-state index contributed by atoms with van der Waals surface area (Å²) in [5.74, 6) is -2.36. The zero-order valence-corrected chi connectivity index (χ0v) is 12.8. The van der Waals surface area contributed by atoms with E-state index >= 15 is 0 Å². The molecule has 0 saturated carbocycles. The van der Waals surface area contributed by atoms with Gasteiger partial charge < -0.3 is 14.6 Å². The van der Waals surface area contributed by atoms with Crippen LogP contribution in [0.4, 0.5) is 0 Å². The van der Waals surface area contributed by atoms with Crippen LogP contribution in [-0.2, 0) is 24.0 Å². The first-order valence-electron chi connectivity index (χ1n) is 6.48. The Hall–Kier alpha value is -3.03. The minimum atomic E-state index is -1.29. The van der Waals surface area contributed by atoms with Crippen LogP contribution < -0.4 is 9.62 Å². The number of esters is 1. The Kier molecular flexibility index (Phi) is 6.60. The third-order valence-electron chi connectivity index (χ3n) is 2.58. The number of hydrogen-bond acceptors (Lipinski definition) is 7. The number of ether oxygens (including phenoxy) is 2. The van der Waals surface area contributed by atoms with Crippen LogP contribution >= 0.6 is 0 Å². The van der Waals surface area contributed by atoms with Gasteiger partial charge in [-0.25, -0.2) is 14.5 Å². The average Bonchev–Trinajstić information content (AvgIpc) is 2.49. The predicted molar refractivity (Wildman–Crippen MR) is 76.7 cm³/mol. The number of methoxy groups -OCH3 is 1. The zero-order valence-electron chi connectivity index (χ0n) is 12.8. The molecule has 1 rings (SSSR count). The molecule has 1 aromatic carbocycles. The first-order valence-corrected chi connectivity index (χ1v) is 6.48. The maximum Gasteiger partial charge on any atom is 0.379 e. The summed E-state index contributed by atoms with van der Waals surface area (Å²) >= 11 is 0. The van der Waals surface area contributed by atoms with E-state index in [1.165, 1.54) is 20.1 Å². The number of carboxylic acid groups (broad SMARTS) is 1. The molecule has 0 fully saturated rings. The van der Waals surface area contributed by atoms with Crippen molar-refractivity contribution in [3.8, 4) is 11.5 Å². The van der Waals surface area contributed by atoms with E-state index < -0.39 is 24.0 Å². The lowest BCUT2D eigenvalue weighted by Gasteiger charge is -2.14. The van der Waals surface area contributed by atoms with Crippen LogP contribution in [0.2, 0.25) is 0 Å². The van der Waals surface area contributed by atoms with Crippen LogP contribution in [-0.4, -0.2) is 30.1 Å². The summed E-state index contributed by atoms with van der Waals surface area (Å²) in [6.45, 7) is 2.99. The Balaban J connectivity index is 2.78. The van der Waals surface area contributed by atoms with Crippen molar-refractivity contribution in [1.29, 1.82) is 0 Å². The first kappa shape index (κ1) is 18.0. The Morgan fingerprint density at radius 3 is 2.43 bits per heavy atom. The second kappa shape index (κ2) is 8.42. The van der Waals surface area contributed by atoms with Gasteiger partial charge in [0.25, 0.3) is 0 Å². The number of rotatable bonds is 7. The lowest BCUT2D eigenvalue weighted by Crippen LogP contribution is -2.08. The smallest absolute Gasteiger partial charge is 0.379 e. The van der Waals surface area contributed by atoms with Gasteiger partial charge >= 0.3 is 17.9 Å². The fraction of sp³-hybridized carbons (Fsp3) is 0.267. The molecule has 1 N–H and O–H groups in total. The second-order valence-electron chi connectivity index (χ2n) is 4.32. The molecule has 1 unspecified atom stereocenters. The molecule has 124 valence electrons. The molecule has 0 saturated heterocycles. The molecule has 0 heterocycles. The second-order valence-corrected chi connectivity index (χ2v) is 4.32. The molecule has 0 aliphatic rings. The van der Waals surface area contributed by atoms with Gasteiger partial charge in [-0.05, 0) is 24.6 Å². The summed E-state index contributed by atoms with van der Waals surface area (Å²) in [4.78, 5) is 41.7. The van der Waals surface area contributed by atoms with Crippen LogP contribution in [0.3, 0.4) is 0 Å². The molecule has 1 aromatic rings. The van der Waals surface area contributed by atoms with Crippen molar-refractivity contribution in [2.45, 2.75) is 20.0 Å². The molecule has 0 amide bonds. The largest absolute Gasteiger partial charge is 0.493 e. The van der Waals surface area contributed by atoms with Crippen LogP contribution in [0.15, 0.2) is 30.4 Å². The van der Waals surface area contributed by atoms with Gasteiger partial charge in [0, 0.05) is 19.1 Å². The van der Waals surface area contributed by atoms with Crippen molar-refractivity contribution >= 4 is 17.9 Å². The summed E-state index contributed by atoms with van der Waals surface area (Å²) < 4.78 is 10.1. The van der Waals surface area contributed by atoms with E-state index in [0.717, 1.165) is 0 Å². The molecule has 23 heavy (non-hydrogen) atoms. The highest BCUT2D eigenvalue weighted by molar-refractivity contribution is 5.90. The van der Waals surface area contributed by atoms with Gasteiger partial charge in [-0.3, -0.25) is 9.68 Å². The first-order chi connectivity index (χ1) is 10.8. The van der Waals surface area contributed by atoms with Gasteiger partial charge in [-0.15, -0.1) is 0 Å². The van der Waals surface area contributed by atoms with Gasteiger partial charge in [0.15, 0.2) is 5.75 Å². The Morgan fingerprint density at radius 1 is 1.17 bits per heavy atom. The maximum absolute atomic E-state index is 11.2. The van der Waals surface area contributed by atoms with Gasteiger partial charge in [0.1, 0.15) is 6.10 Å². The number of carboxylic acids is 1. The topological polar surface area (TPSA) is 108 Å². The van der Waals surface area contributed by atoms with Gasteiger partial charge in [-0.2, -0.15) is 0 Å². The molecular formula is C15H16O8. The fourth-order valence-electron chi connectivity index (χ4n) is 1.58. The summed E-state index contributed by atoms with van der Waals surface area (Å²) in [5, 5.41) is 8.38. The minimum absolute atomic E-state index is 0.100. The summed E-state index contributed by atoms with van der Waals surface area (Å²) in [5.41, 5.74) is 0.654. The van der Waals surface area contributed by atoms with E-state index in [9.17, 15) is 14.4 Å². The van der Waals surface area contributed by atoms with Crippen LogP contribution in [0, 0.1) is 0 Å². The minimum Gasteiger partial charge on any atom is -0.493 e. The van der Waals surface area contributed by atoms with Crippen molar-refractivity contribution in [3.05, 3.63) is 35.9 Å². The van der Waals surface area contributed by atoms with Gasteiger partial charge in [-0.1, -0.05) is 6.07 Å². The van der Waals surface area contributed by atoms with E-state index in [2.05, 4.69) is 4.89 Å². The number of aliphatic carboxylic acids is 1. The average molecular weight is 324 g/mol. The molecule has 8 heteroatoms. The van der Waals surface area contributed by atoms with E-state index in [1.54, 1.807) is 19.1 Å². The fourth-order valence-corrected chi connectivity index (χ4v) is 1.58. The van der Waals surface area contributed by atoms with Crippen molar-refractivity contribution in [3.63, 3.8) is 0 Å². The maximum atomic E-state index is 11.2. The van der Waals surface area contributed by atoms with Crippen LogP contribution in [0.5, 0.6) is 11.5 Å². The lowest BCUT2D eigenvalue weighted by atomic mass is 10.1. The Labute approximate surface area is 132 Å². The van der Waals surface area contributed by atoms with Crippen molar-refractivity contribution < 1.29 is 38.7 Å².